The van der Waals surface area contributed by atoms with Crippen molar-refractivity contribution in [3.63, 3.8) is 0 Å². The lowest BCUT2D eigenvalue weighted by molar-refractivity contribution is -0.126. The summed E-state index contributed by atoms with van der Waals surface area (Å²) in [6.07, 6.45) is 1.64. The average molecular weight is 343 g/mol. The third-order valence-electron chi connectivity index (χ3n) is 3.71. The van der Waals surface area contributed by atoms with Crippen molar-refractivity contribution in [3.05, 3.63) is 30.2 Å². The molecule has 1 fully saturated rings. The lowest BCUT2D eigenvalue weighted by Crippen LogP contribution is -2.54. The molecule has 2 heterocycles. The van der Waals surface area contributed by atoms with Crippen LogP contribution in [0.5, 0.6) is 0 Å². The molecule has 0 aliphatic carbocycles. The highest BCUT2D eigenvalue weighted by molar-refractivity contribution is 7.91. The third-order valence-corrected chi connectivity index (χ3v) is 6.98. The van der Waals surface area contributed by atoms with Gasteiger partial charge in [-0.05, 0) is 18.4 Å². The minimum atomic E-state index is -3.39. The molecule has 1 aliphatic rings. The van der Waals surface area contributed by atoms with Crippen molar-refractivity contribution in [2.24, 2.45) is 0 Å². The number of hydrogen-bond donors (Lipinski definition) is 1. The van der Waals surface area contributed by atoms with E-state index in [0.29, 0.717) is 36.9 Å². The van der Waals surface area contributed by atoms with Gasteiger partial charge in [0.05, 0.1) is 6.04 Å². The fourth-order valence-electron chi connectivity index (χ4n) is 2.36. The predicted molar refractivity (Wildman–Crippen MR) is 87.3 cm³/mol. The second-order valence-electron chi connectivity index (χ2n) is 5.08. The van der Waals surface area contributed by atoms with Crippen LogP contribution in [-0.2, 0) is 14.8 Å². The fraction of sp³-hybridized carbons (Fsp3) is 0.500. The Bertz CT molecular complexity index is 605. The van der Waals surface area contributed by atoms with Gasteiger partial charge in [0.2, 0.25) is 5.91 Å². The molecule has 1 atom stereocenters. The molecule has 122 valence electrons. The maximum atomic E-state index is 12.4. The first kappa shape index (κ1) is 17.1. The molecule has 1 aromatic rings. The molecule has 1 aromatic heterocycles. The van der Waals surface area contributed by atoms with Gasteiger partial charge in [0.25, 0.3) is 10.0 Å². The summed E-state index contributed by atoms with van der Waals surface area (Å²) in [4.78, 5) is 13.9. The smallest absolute Gasteiger partial charge is 0.252 e. The molecule has 1 saturated heterocycles. The first-order chi connectivity index (χ1) is 10.5. The monoisotopic (exact) mass is 343 g/mol. The number of nitrogens with one attached hydrogen (secondary N) is 1. The molecular weight excluding hydrogens is 322 g/mol. The Balaban J connectivity index is 1.93. The molecule has 6 nitrogen and oxygen atoms in total. The van der Waals surface area contributed by atoms with Crippen molar-refractivity contribution >= 4 is 27.3 Å². The normalized spacial score (nSPS) is 18.8. The molecular formula is C14H21N3O3S2. The van der Waals surface area contributed by atoms with Crippen LogP contribution < -0.4 is 5.32 Å². The first-order valence-electron chi connectivity index (χ1n) is 7.13. The Morgan fingerprint density at radius 1 is 1.45 bits per heavy atom. The zero-order valence-electron chi connectivity index (χ0n) is 12.6. The molecule has 22 heavy (non-hydrogen) atoms. The van der Waals surface area contributed by atoms with Gasteiger partial charge >= 0.3 is 0 Å². The number of carbonyl (C=O) groups excluding carboxylic acids is 1. The molecule has 0 bridgehead atoms. The van der Waals surface area contributed by atoms with Gasteiger partial charge in [0, 0.05) is 32.7 Å². The molecule has 1 amide bonds. The van der Waals surface area contributed by atoms with Crippen LogP contribution in [0.25, 0.3) is 0 Å². The molecule has 1 aliphatic heterocycles. The van der Waals surface area contributed by atoms with Gasteiger partial charge < -0.3 is 5.32 Å². The standard InChI is InChI=1S/C14H21N3O3S2/c1-3-6-15-14(18)12(2)16-7-9-17(10-8-16)22(19,20)13-5-4-11-21-13/h3-5,11-12H,1,6-10H2,2H3,(H,15,18)/t12-/m1/s1. The van der Waals surface area contributed by atoms with Crippen molar-refractivity contribution < 1.29 is 13.2 Å². The van der Waals surface area contributed by atoms with E-state index in [2.05, 4.69) is 11.9 Å². The van der Waals surface area contributed by atoms with Crippen LogP contribution in [0, 0.1) is 0 Å². The van der Waals surface area contributed by atoms with E-state index in [1.807, 2.05) is 11.8 Å². The van der Waals surface area contributed by atoms with Crippen LogP contribution in [0.2, 0.25) is 0 Å². The van der Waals surface area contributed by atoms with E-state index >= 15 is 0 Å². The van der Waals surface area contributed by atoms with Gasteiger partial charge in [-0.1, -0.05) is 12.1 Å². The molecule has 0 radical (unpaired) electrons. The van der Waals surface area contributed by atoms with E-state index in [1.165, 1.54) is 15.6 Å². The number of amides is 1. The molecule has 0 spiro atoms. The highest BCUT2D eigenvalue weighted by atomic mass is 32.2. The maximum absolute atomic E-state index is 12.4. The quantitative estimate of drug-likeness (QED) is 0.774. The molecule has 2 rings (SSSR count). The Morgan fingerprint density at radius 2 is 2.14 bits per heavy atom. The summed E-state index contributed by atoms with van der Waals surface area (Å²) < 4.78 is 26.7. The third kappa shape index (κ3) is 3.75. The summed E-state index contributed by atoms with van der Waals surface area (Å²) in [5, 5.41) is 4.52. The number of carbonyl (C=O) groups is 1. The van der Waals surface area contributed by atoms with Crippen molar-refractivity contribution in [1.82, 2.24) is 14.5 Å². The first-order valence-corrected chi connectivity index (χ1v) is 9.45. The zero-order valence-corrected chi connectivity index (χ0v) is 14.2. The molecule has 0 saturated carbocycles. The Morgan fingerprint density at radius 3 is 2.68 bits per heavy atom. The molecule has 1 N–H and O–H groups in total. The molecule has 8 heteroatoms. The van der Waals surface area contributed by atoms with Crippen LogP contribution in [0.1, 0.15) is 6.92 Å². The number of piperazine rings is 1. The number of thiophene rings is 1. The summed E-state index contributed by atoms with van der Waals surface area (Å²) in [5.74, 6) is -0.0607. The largest absolute Gasteiger partial charge is 0.351 e. The van der Waals surface area contributed by atoms with Crippen LogP contribution in [0.3, 0.4) is 0 Å². The Hall–Kier alpha value is -1.22. The van der Waals surface area contributed by atoms with E-state index in [4.69, 9.17) is 0 Å². The summed E-state index contributed by atoms with van der Waals surface area (Å²) in [6, 6.07) is 3.09. The van der Waals surface area contributed by atoms with Gasteiger partial charge in [-0.2, -0.15) is 4.31 Å². The van der Waals surface area contributed by atoms with Crippen molar-refractivity contribution in [2.45, 2.75) is 17.2 Å². The van der Waals surface area contributed by atoms with Crippen molar-refractivity contribution in [2.75, 3.05) is 32.7 Å². The second kappa shape index (κ2) is 7.36. The van der Waals surface area contributed by atoms with Gasteiger partial charge in [-0.25, -0.2) is 8.42 Å². The van der Waals surface area contributed by atoms with E-state index < -0.39 is 10.0 Å². The highest BCUT2D eigenvalue weighted by Crippen LogP contribution is 2.22. The summed E-state index contributed by atoms with van der Waals surface area (Å²) >= 11 is 1.23. The second-order valence-corrected chi connectivity index (χ2v) is 8.19. The van der Waals surface area contributed by atoms with Gasteiger partial charge in [0.15, 0.2) is 0 Å². The number of sulfonamides is 1. The van der Waals surface area contributed by atoms with E-state index in [9.17, 15) is 13.2 Å². The highest BCUT2D eigenvalue weighted by Gasteiger charge is 2.32. The van der Waals surface area contributed by atoms with Gasteiger partial charge in [-0.15, -0.1) is 17.9 Å². The van der Waals surface area contributed by atoms with Crippen LogP contribution in [0.15, 0.2) is 34.4 Å². The number of nitrogens with zero attached hydrogens (tertiary/aromatic N) is 2. The minimum absolute atomic E-state index is 0.0607. The van der Waals surface area contributed by atoms with E-state index in [-0.39, 0.29) is 11.9 Å². The maximum Gasteiger partial charge on any atom is 0.252 e. The van der Waals surface area contributed by atoms with Crippen molar-refractivity contribution in [1.29, 1.82) is 0 Å². The van der Waals surface area contributed by atoms with Crippen LogP contribution >= 0.6 is 11.3 Å². The van der Waals surface area contributed by atoms with Crippen molar-refractivity contribution in [3.8, 4) is 0 Å². The molecule has 0 unspecified atom stereocenters. The van der Waals surface area contributed by atoms with E-state index in [1.54, 1.807) is 23.6 Å². The molecule has 0 aromatic carbocycles. The predicted octanol–water partition coefficient (Wildman–Crippen LogP) is 0.745. The Labute approximate surface area is 135 Å². The lowest BCUT2D eigenvalue weighted by Gasteiger charge is -2.36. The average Bonchev–Trinajstić information content (AvgIpc) is 3.07. The minimum Gasteiger partial charge on any atom is -0.351 e. The van der Waals surface area contributed by atoms with Gasteiger partial charge in [-0.3, -0.25) is 9.69 Å². The SMILES string of the molecule is C=CCNC(=O)[C@@H](C)N1CCN(S(=O)(=O)c2cccs2)CC1. The number of rotatable bonds is 6. The zero-order chi connectivity index (χ0) is 16.2. The summed E-state index contributed by atoms with van der Waals surface area (Å²) in [5.41, 5.74) is 0. The Kier molecular flexibility index (Phi) is 5.74. The fourth-order valence-corrected chi connectivity index (χ4v) is 4.92. The van der Waals surface area contributed by atoms with E-state index in [0.717, 1.165) is 0 Å². The summed E-state index contributed by atoms with van der Waals surface area (Å²) in [6.45, 7) is 7.74. The van der Waals surface area contributed by atoms with Crippen LogP contribution in [0.4, 0.5) is 0 Å². The van der Waals surface area contributed by atoms with Gasteiger partial charge in [0.1, 0.15) is 4.21 Å². The topological polar surface area (TPSA) is 69.7 Å². The van der Waals surface area contributed by atoms with Crippen LogP contribution in [-0.4, -0.2) is 62.3 Å². The lowest BCUT2D eigenvalue weighted by atomic mass is 10.2. The summed E-state index contributed by atoms with van der Waals surface area (Å²) in [7, 11) is -3.39. The number of hydrogen-bond acceptors (Lipinski definition) is 5.